The number of hydrogen-bond acceptors (Lipinski definition) is 10. The van der Waals surface area contributed by atoms with Gasteiger partial charge in [-0.25, -0.2) is 4.79 Å². The average molecular weight is 1310 g/mol. The van der Waals surface area contributed by atoms with E-state index >= 15 is 9.13 Å². The number of halogens is 2. The van der Waals surface area contributed by atoms with Crippen LogP contribution in [0.5, 0.6) is 34.5 Å². The minimum atomic E-state index is -4.57. The van der Waals surface area contributed by atoms with E-state index in [1.807, 2.05) is 48.5 Å². The Hall–Kier alpha value is -5.37. The summed E-state index contributed by atoms with van der Waals surface area (Å²) in [7, 11) is -2.48. The van der Waals surface area contributed by atoms with Crippen molar-refractivity contribution in [2.75, 3.05) is 41.7 Å². The lowest BCUT2D eigenvalue weighted by Crippen LogP contribution is -2.34. The monoisotopic (exact) mass is 1310 g/mol. The summed E-state index contributed by atoms with van der Waals surface area (Å²) < 4.78 is 75.8. The number of esters is 1. The lowest BCUT2D eigenvalue weighted by Gasteiger charge is -2.35. The third kappa shape index (κ3) is 14.2. The van der Waals surface area contributed by atoms with Gasteiger partial charge in [0.1, 0.15) is 34.5 Å². The van der Waals surface area contributed by atoms with Crippen LogP contribution in [0.4, 0.5) is 0 Å². The first-order valence-corrected chi connectivity index (χ1v) is 35.4. The van der Waals surface area contributed by atoms with Crippen LogP contribution in [0.25, 0.3) is 11.1 Å². The molecule has 10 nitrogen and oxygen atoms in total. The summed E-state index contributed by atoms with van der Waals surface area (Å²) in [6, 6.07) is 22.4. The molecule has 0 aliphatic carbocycles. The molecule has 0 unspecified atom stereocenters. The topological polar surface area (TPSA) is 127 Å². The van der Waals surface area contributed by atoms with Crippen LogP contribution in [0.15, 0.2) is 72.8 Å². The molecule has 14 heteroatoms. The van der Waals surface area contributed by atoms with E-state index in [2.05, 4.69) is 166 Å². The number of ether oxygens (including phenoxy) is 6. The van der Waals surface area contributed by atoms with Gasteiger partial charge in [0.05, 0.1) is 45.1 Å². The highest BCUT2D eigenvalue weighted by Crippen LogP contribution is 2.59. The molecule has 1 N–H and O–H groups in total. The smallest absolute Gasteiger partial charge is 0.344 e. The molecule has 0 aliphatic rings. The molecule has 0 heterocycles. The highest BCUT2D eigenvalue weighted by molar-refractivity contribution is 7.86. The maximum Gasteiger partial charge on any atom is 0.344 e. The van der Waals surface area contributed by atoms with Crippen molar-refractivity contribution in [3.63, 3.8) is 0 Å². The average Bonchev–Trinajstić information content (AvgIpc) is 0.712. The van der Waals surface area contributed by atoms with Gasteiger partial charge in [0.25, 0.3) is 0 Å². The van der Waals surface area contributed by atoms with E-state index in [-0.39, 0.29) is 44.1 Å². The maximum atomic E-state index is 19.0. The second-order valence-corrected chi connectivity index (χ2v) is 38.5. The van der Waals surface area contributed by atoms with Crippen molar-refractivity contribution in [2.45, 2.75) is 216 Å². The van der Waals surface area contributed by atoms with Crippen LogP contribution in [-0.2, 0) is 62.0 Å². The number of benzene rings is 6. The summed E-state index contributed by atoms with van der Waals surface area (Å²) in [6.45, 7) is 51.5. The largest absolute Gasteiger partial charge is 0.506 e. The van der Waals surface area contributed by atoms with Crippen molar-refractivity contribution in [1.82, 2.24) is 0 Å². The molecule has 6 rings (SSSR count). The van der Waals surface area contributed by atoms with E-state index in [0.29, 0.717) is 44.2 Å². The minimum Gasteiger partial charge on any atom is -0.506 e. The molecule has 0 atom stereocenters. The summed E-state index contributed by atoms with van der Waals surface area (Å²) in [6.07, 6.45) is 0. The number of methoxy groups -OCH3 is 4. The first-order valence-electron chi connectivity index (χ1n) is 31.2. The molecule has 0 spiro atoms. The van der Waals surface area contributed by atoms with Gasteiger partial charge in [-0.15, -0.1) is 0 Å². The van der Waals surface area contributed by atoms with Crippen molar-refractivity contribution in [1.29, 1.82) is 0 Å². The quantitative estimate of drug-likeness (QED) is 0.0784. The van der Waals surface area contributed by atoms with Crippen LogP contribution in [0.1, 0.15) is 218 Å². The molecule has 0 saturated carbocycles. The van der Waals surface area contributed by atoms with Crippen LogP contribution < -0.4 is 55.5 Å². The molecule has 0 fully saturated rings. The number of aromatic hydroxyl groups is 1. The summed E-state index contributed by atoms with van der Waals surface area (Å²) in [4.78, 5) is 13.8. The van der Waals surface area contributed by atoms with Gasteiger partial charge < -0.3 is 42.7 Å². The van der Waals surface area contributed by atoms with E-state index in [9.17, 15) is 9.90 Å². The highest BCUT2D eigenvalue weighted by atomic mass is 35.5. The van der Waals surface area contributed by atoms with Gasteiger partial charge in [-0.05, 0) is 123 Å². The molecule has 90 heavy (non-hydrogen) atoms. The Morgan fingerprint density at radius 1 is 0.389 bits per heavy atom. The second-order valence-electron chi connectivity index (χ2n) is 32.2. The Bertz CT molecular complexity index is 3500. The van der Waals surface area contributed by atoms with E-state index in [0.717, 1.165) is 44.5 Å². The Morgan fingerprint density at radius 3 is 0.844 bits per heavy atom. The summed E-state index contributed by atoms with van der Waals surface area (Å²) >= 11 is 15.0. The van der Waals surface area contributed by atoms with Crippen molar-refractivity contribution in [3.05, 3.63) is 127 Å². The van der Waals surface area contributed by atoms with Gasteiger partial charge in [-0.1, -0.05) is 189 Å². The molecular weight excluding hydrogens is 1210 g/mol. The van der Waals surface area contributed by atoms with Crippen molar-refractivity contribution in [2.24, 2.45) is 0 Å². The van der Waals surface area contributed by atoms with Crippen molar-refractivity contribution in [3.8, 4) is 45.6 Å². The van der Waals surface area contributed by atoms with Gasteiger partial charge in [-0.2, -0.15) is 0 Å². The normalized spacial score (nSPS) is 13.3. The predicted molar refractivity (Wildman–Crippen MR) is 380 cm³/mol. The Morgan fingerprint density at radius 2 is 0.622 bits per heavy atom. The molecular formula is C76H104Cl2O10P2. The van der Waals surface area contributed by atoms with Gasteiger partial charge in [-0.3, -0.25) is 0 Å². The summed E-state index contributed by atoms with van der Waals surface area (Å²) in [5, 5.41) is 15.5. The van der Waals surface area contributed by atoms with E-state index < -0.39 is 75.9 Å². The lowest BCUT2D eigenvalue weighted by molar-refractivity contribution is -0.145. The van der Waals surface area contributed by atoms with Gasteiger partial charge >= 0.3 is 5.97 Å². The third-order valence-electron chi connectivity index (χ3n) is 16.8. The first-order chi connectivity index (χ1) is 40.9. The predicted octanol–water partition coefficient (Wildman–Crippen LogP) is 18.0. The molecule has 0 aromatic heterocycles. The molecule has 0 saturated heterocycles. The zero-order chi connectivity index (χ0) is 68.6. The van der Waals surface area contributed by atoms with Crippen LogP contribution >= 0.6 is 37.5 Å². The Kier molecular flexibility index (Phi) is 20.9. The molecule has 0 aliphatic heterocycles. The second kappa shape index (κ2) is 25.5. The fourth-order valence-electron chi connectivity index (χ4n) is 12.0. The number of phenolic OH excluding ortho intramolecular Hbond substituents is 1. The number of carbonyl (C=O) groups is 1. The standard InChI is InChI=1S/C76H104Cl2O10P2/c1-30-87-60(79)43-88-68-57(78)32-34-59(90(82,46-39-52(73(14,15)16)66(85-28)53(40-46)74(17,18)19)47-41-54(75(20,21)22)67(86-29)55(42-47)76(23,24)25)62(68)61-58(33-31-56(77)63(61)80)89(81,44-35-48(69(2,3)4)64(83-26)49(36-44)70(5,6)7)45-37-50(71(8,9)10)65(84-27)51(38-45)72(11,12)13/h31-42,80H,30,43H2,1-29H3. The van der Waals surface area contributed by atoms with Gasteiger partial charge in [0, 0.05) is 87.5 Å². The van der Waals surface area contributed by atoms with Gasteiger partial charge in [0.15, 0.2) is 20.9 Å². The van der Waals surface area contributed by atoms with Crippen LogP contribution in [0.2, 0.25) is 10.0 Å². The molecule has 0 radical (unpaired) electrons. The fraction of sp³-hybridized carbons (Fsp3) is 0.513. The molecule has 6 aromatic carbocycles. The van der Waals surface area contributed by atoms with Crippen LogP contribution in [0.3, 0.4) is 0 Å². The highest BCUT2D eigenvalue weighted by Gasteiger charge is 2.46. The first kappa shape index (κ1) is 73.7. The summed E-state index contributed by atoms with van der Waals surface area (Å²) in [5.41, 5.74) is 1.72. The number of hydrogen-bond donors (Lipinski definition) is 1. The zero-order valence-electron chi connectivity index (χ0n) is 59.6. The third-order valence-corrected chi connectivity index (χ3v) is 23.4. The molecule has 6 aromatic rings. The maximum absolute atomic E-state index is 19.0. The Labute approximate surface area is 550 Å². The minimum absolute atomic E-state index is 0.00225. The number of rotatable bonds is 15. The van der Waals surface area contributed by atoms with E-state index in [1.165, 1.54) is 0 Å². The SMILES string of the molecule is CCOC(=O)COc1c(Cl)ccc(P(=O)(c2cc(C(C)(C)C)c(OC)c(C(C)(C)C)c2)c2cc(C(C)(C)C)c(OC)c(C(C)(C)C)c2)c1-c1c(P(=O)(c2cc(C(C)(C)C)c(OC)c(C(C)(C)C)c2)c2cc(C(C)(C)C)c(OC)c(C(C)(C)C)c2)ccc(Cl)c1O. The van der Waals surface area contributed by atoms with Crippen molar-refractivity contribution < 1.29 is 47.5 Å². The zero-order valence-corrected chi connectivity index (χ0v) is 62.9. The molecule has 492 valence electrons. The number of carbonyl (C=O) groups excluding carboxylic acids is 1. The van der Waals surface area contributed by atoms with Crippen LogP contribution in [-0.4, -0.2) is 52.7 Å². The molecule has 0 amide bonds. The van der Waals surface area contributed by atoms with E-state index in [4.69, 9.17) is 51.6 Å². The van der Waals surface area contributed by atoms with E-state index in [1.54, 1.807) is 59.6 Å². The lowest BCUT2D eigenvalue weighted by atomic mass is 9.79. The van der Waals surface area contributed by atoms with Crippen LogP contribution in [0, 0.1) is 0 Å². The fourth-order valence-corrected chi connectivity index (χ4v) is 18.2. The molecule has 0 bridgehead atoms. The number of phenols is 1. The summed E-state index contributed by atoms with van der Waals surface area (Å²) in [5.74, 6) is 1.30. The van der Waals surface area contributed by atoms with Crippen molar-refractivity contribution >= 4 is 75.3 Å². The Balaban J connectivity index is 2.15. The van der Waals surface area contributed by atoms with Gasteiger partial charge in [0.2, 0.25) is 0 Å².